The standard InChI is InChI=1S/C14H18N2O3S/c1-16-7-4-11(5-8-16)15-14(19)13-10(6-9-20-13)2-3-12(17)18/h2-3,6,9,11H,4-5,7-8H2,1H3,(H,15,19)(H,17,18). The minimum atomic E-state index is -1.02. The van der Waals surface area contributed by atoms with E-state index >= 15 is 0 Å². The second-order valence-corrected chi connectivity index (χ2v) is 5.84. The first-order valence-corrected chi connectivity index (χ1v) is 7.42. The minimum absolute atomic E-state index is 0.111. The van der Waals surface area contributed by atoms with Crippen molar-refractivity contribution >= 4 is 29.3 Å². The highest BCUT2D eigenvalue weighted by Crippen LogP contribution is 2.19. The van der Waals surface area contributed by atoms with Gasteiger partial charge in [-0.3, -0.25) is 4.79 Å². The number of hydrogen-bond acceptors (Lipinski definition) is 4. The molecular formula is C14H18N2O3S. The Kier molecular flexibility index (Phi) is 4.92. The van der Waals surface area contributed by atoms with E-state index in [0.717, 1.165) is 32.0 Å². The summed E-state index contributed by atoms with van der Waals surface area (Å²) in [6, 6.07) is 1.96. The topological polar surface area (TPSA) is 69.6 Å². The van der Waals surface area contributed by atoms with Crippen molar-refractivity contribution in [1.29, 1.82) is 0 Å². The monoisotopic (exact) mass is 294 g/mol. The lowest BCUT2D eigenvalue weighted by Crippen LogP contribution is -2.43. The lowest BCUT2D eigenvalue weighted by Gasteiger charge is -2.29. The number of thiophene rings is 1. The Hall–Kier alpha value is -1.66. The van der Waals surface area contributed by atoms with Gasteiger partial charge in [-0.05, 0) is 56.1 Å². The Bertz CT molecular complexity index is 516. The molecule has 1 aromatic heterocycles. The van der Waals surface area contributed by atoms with Crippen LogP contribution in [-0.4, -0.2) is 48.1 Å². The van der Waals surface area contributed by atoms with Crippen molar-refractivity contribution in [2.75, 3.05) is 20.1 Å². The first-order valence-electron chi connectivity index (χ1n) is 6.54. The van der Waals surface area contributed by atoms with E-state index in [1.54, 1.807) is 11.4 Å². The Morgan fingerprint density at radius 2 is 2.15 bits per heavy atom. The van der Waals surface area contributed by atoms with Crippen LogP contribution in [0.2, 0.25) is 0 Å². The molecule has 1 amide bonds. The molecule has 1 aliphatic rings. The summed E-state index contributed by atoms with van der Waals surface area (Å²) < 4.78 is 0. The summed E-state index contributed by atoms with van der Waals surface area (Å²) in [7, 11) is 2.08. The fourth-order valence-corrected chi connectivity index (χ4v) is 2.99. The molecule has 1 saturated heterocycles. The number of piperidine rings is 1. The molecular weight excluding hydrogens is 276 g/mol. The van der Waals surface area contributed by atoms with Crippen LogP contribution in [0.1, 0.15) is 28.1 Å². The van der Waals surface area contributed by atoms with E-state index in [9.17, 15) is 9.59 Å². The Labute approximate surface area is 121 Å². The Morgan fingerprint density at radius 1 is 1.45 bits per heavy atom. The average molecular weight is 294 g/mol. The lowest BCUT2D eigenvalue weighted by molar-refractivity contribution is -0.131. The average Bonchev–Trinajstić information content (AvgIpc) is 2.87. The highest BCUT2D eigenvalue weighted by Gasteiger charge is 2.20. The molecule has 0 atom stereocenters. The zero-order valence-corrected chi connectivity index (χ0v) is 12.2. The molecule has 2 heterocycles. The molecule has 2 N–H and O–H groups in total. The van der Waals surface area contributed by atoms with Crippen LogP contribution in [0.3, 0.4) is 0 Å². The first kappa shape index (κ1) is 14.7. The Morgan fingerprint density at radius 3 is 2.80 bits per heavy atom. The number of carbonyl (C=O) groups is 2. The number of carboxylic acid groups (broad SMARTS) is 1. The van der Waals surface area contributed by atoms with Crippen LogP contribution in [-0.2, 0) is 4.79 Å². The fourth-order valence-electron chi connectivity index (χ4n) is 2.20. The number of hydrogen-bond donors (Lipinski definition) is 2. The summed E-state index contributed by atoms with van der Waals surface area (Å²) in [5.74, 6) is -1.13. The SMILES string of the molecule is CN1CCC(NC(=O)c2sccc2C=CC(=O)O)CC1. The van der Waals surface area contributed by atoms with Crippen molar-refractivity contribution in [3.63, 3.8) is 0 Å². The highest BCUT2D eigenvalue weighted by atomic mass is 32.1. The molecule has 1 fully saturated rings. The number of rotatable bonds is 4. The first-order chi connectivity index (χ1) is 9.56. The summed E-state index contributed by atoms with van der Waals surface area (Å²) >= 11 is 1.33. The molecule has 0 aliphatic carbocycles. The van der Waals surface area contributed by atoms with Gasteiger partial charge in [0, 0.05) is 12.1 Å². The van der Waals surface area contributed by atoms with E-state index in [0.29, 0.717) is 10.4 Å². The second kappa shape index (κ2) is 6.67. The normalized spacial score (nSPS) is 17.4. The van der Waals surface area contributed by atoms with Crippen LogP contribution in [0.25, 0.3) is 6.08 Å². The molecule has 0 saturated carbocycles. The Balaban J connectivity index is 1.99. The molecule has 0 unspecified atom stereocenters. The van der Waals surface area contributed by atoms with Gasteiger partial charge < -0.3 is 15.3 Å². The minimum Gasteiger partial charge on any atom is -0.478 e. The third-order valence-corrected chi connectivity index (χ3v) is 4.29. The van der Waals surface area contributed by atoms with Crippen molar-refractivity contribution in [2.45, 2.75) is 18.9 Å². The quantitative estimate of drug-likeness (QED) is 0.829. The predicted octanol–water partition coefficient (Wildman–Crippen LogP) is 1.67. The molecule has 1 aliphatic heterocycles. The zero-order chi connectivity index (χ0) is 14.5. The summed E-state index contributed by atoms with van der Waals surface area (Å²) in [6.07, 6.45) is 4.42. The van der Waals surface area contributed by atoms with Crippen LogP contribution in [0, 0.1) is 0 Å². The molecule has 20 heavy (non-hydrogen) atoms. The highest BCUT2D eigenvalue weighted by molar-refractivity contribution is 7.12. The van der Waals surface area contributed by atoms with Gasteiger partial charge in [0.1, 0.15) is 0 Å². The van der Waals surface area contributed by atoms with Crippen LogP contribution in [0.4, 0.5) is 0 Å². The molecule has 5 nitrogen and oxygen atoms in total. The summed E-state index contributed by atoms with van der Waals surface area (Å²) in [5.41, 5.74) is 0.655. The van der Waals surface area contributed by atoms with E-state index in [-0.39, 0.29) is 11.9 Å². The summed E-state index contributed by atoms with van der Waals surface area (Å²) in [5, 5.41) is 13.5. The van der Waals surface area contributed by atoms with E-state index in [1.807, 2.05) is 0 Å². The maximum absolute atomic E-state index is 12.2. The number of nitrogens with one attached hydrogen (secondary N) is 1. The van der Waals surface area contributed by atoms with Crippen LogP contribution >= 0.6 is 11.3 Å². The van der Waals surface area contributed by atoms with Crippen molar-refractivity contribution in [3.8, 4) is 0 Å². The molecule has 0 spiro atoms. The number of carboxylic acids is 1. The number of nitrogens with zero attached hydrogens (tertiary/aromatic N) is 1. The van der Waals surface area contributed by atoms with Crippen LogP contribution < -0.4 is 5.32 Å². The largest absolute Gasteiger partial charge is 0.478 e. The number of likely N-dealkylation sites (tertiary alicyclic amines) is 1. The van der Waals surface area contributed by atoms with Gasteiger partial charge in [0.05, 0.1) is 4.88 Å². The van der Waals surface area contributed by atoms with Gasteiger partial charge in [0.15, 0.2) is 0 Å². The number of carbonyl (C=O) groups excluding carboxylic acids is 1. The van der Waals surface area contributed by atoms with Gasteiger partial charge in [-0.15, -0.1) is 11.3 Å². The fraction of sp³-hybridized carbons (Fsp3) is 0.429. The predicted molar refractivity (Wildman–Crippen MR) is 79.0 cm³/mol. The third-order valence-electron chi connectivity index (χ3n) is 3.36. The van der Waals surface area contributed by atoms with Gasteiger partial charge in [-0.2, -0.15) is 0 Å². The van der Waals surface area contributed by atoms with Crippen molar-refractivity contribution in [3.05, 3.63) is 28.0 Å². The zero-order valence-electron chi connectivity index (χ0n) is 11.3. The smallest absolute Gasteiger partial charge is 0.328 e. The molecule has 0 aromatic carbocycles. The third kappa shape index (κ3) is 3.91. The van der Waals surface area contributed by atoms with Crippen LogP contribution in [0.5, 0.6) is 0 Å². The van der Waals surface area contributed by atoms with Gasteiger partial charge in [-0.1, -0.05) is 0 Å². The van der Waals surface area contributed by atoms with Gasteiger partial charge >= 0.3 is 5.97 Å². The molecule has 0 radical (unpaired) electrons. The van der Waals surface area contributed by atoms with Gasteiger partial charge in [0.2, 0.25) is 0 Å². The lowest BCUT2D eigenvalue weighted by atomic mass is 10.1. The number of aliphatic carboxylic acids is 1. The van der Waals surface area contributed by atoms with E-state index in [4.69, 9.17) is 5.11 Å². The summed E-state index contributed by atoms with van der Waals surface area (Å²) in [6.45, 7) is 1.97. The maximum Gasteiger partial charge on any atom is 0.328 e. The van der Waals surface area contributed by atoms with Crippen LogP contribution in [0.15, 0.2) is 17.5 Å². The second-order valence-electron chi connectivity index (χ2n) is 4.93. The van der Waals surface area contributed by atoms with Gasteiger partial charge in [0.25, 0.3) is 5.91 Å². The van der Waals surface area contributed by atoms with Gasteiger partial charge in [-0.25, -0.2) is 4.79 Å². The van der Waals surface area contributed by atoms with Crippen molar-refractivity contribution in [1.82, 2.24) is 10.2 Å². The van der Waals surface area contributed by atoms with E-state index < -0.39 is 5.97 Å². The maximum atomic E-state index is 12.2. The molecule has 6 heteroatoms. The molecule has 0 bridgehead atoms. The van der Waals surface area contributed by atoms with Crippen molar-refractivity contribution < 1.29 is 14.7 Å². The molecule has 1 aromatic rings. The van der Waals surface area contributed by atoms with Crippen molar-refractivity contribution in [2.24, 2.45) is 0 Å². The number of amides is 1. The summed E-state index contributed by atoms with van der Waals surface area (Å²) in [4.78, 5) is 25.6. The molecule has 2 rings (SSSR count). The van der Waals surface area contributed by atoms with E-state index in [2.05, 4.69) is 17.3 Å². The van der Waals surface area contributed by atoms with E-state index in [1.165, 1.54) is 17.4 Å². The molecule has 108 valence electrons.